The van der Waals surface area contributed by atoms with Gasteiger partial charge in [0.25, 0.3) is 0 Å². The minimum absolute atomic E-state index is 0.0719. The van der Waals surface area contributed by atoms with Crippen molar-refractivity contribution < 1.29 is 4.79 Å². The van der Waals surface area contributed by atoms with E-state index in [2.05, 4.69) is 26.2 Å². The first-order valence-corrected chi connectivity index (χ1v) is 7.67. The van der Waals surface area contributed by atoms with Crippen LogP contribution in [0.1, 0.15) is 6.92 Å². The molecule has 0 spiro atoms. The molecule has 1 aromatic carbocycles. The van der Waals surface area contributed by atoms with Crippen molar-refractivity contribution in [1.29, 1.82) is 0 Å². The average Bonchev–Trinajstić information content (AvgIpc) is 2.44. The fraction of sp³-hybridized carbons (Fsp3) is 0.143. The largest absolute Gasteiger partial charge is 0.399 e. The van der Waals surface area contributed by atoms with Crippen molar-refractivity contribution in [2.24, 2.45) is 0 Å². The molecule has 6 heteroatoms. The van der Waals surface area contributed by atoms with Gasteiger partial charge in [-0.15, -0.1) is 0 Å². The molecule has 1 amide bonds. The van der Waals surface area contributed by atoms with Gasteiger partial charge in [0.05, 0.1) is 5.25 Å². The molecule has 0 saturated heterocycles. The second-order valence-electron chi connectivity index (χ2n) is 4.16. The molecule has 3 N–H and O–H groups in total. The SMILES string of the molecule is CC(Sc1ncccc1Br)C(=O)Nc1ccc(N)cc1. The van der Waals surface area contributed by atoms with E-state index in [1.54, 1.807) is 30.5 Å². The maximum atomic E-state index is 12.1. The molecule has 0 saturated carbocycles. The van der Waals surface area contributed by atoms with Crippen LogP contribution in [0.25, 0.3) is 0 Å². The molecule has 1 aromatic heterocycles. The Hall–Kier alpha value is -1.53. The summed E-state index contributed by atoms with van der Waals surface area (Å²) in [7, 11) is 0. The Labute approximate surface area is 130 Å². The first-order valence-electron chi connectivity index (χ1n) is 6.00. The monoisotopic (exact) mass is 351 g/mol. The number of pyridine rings is 1. The predicted octanol–water partition coefficient (Wildman–Crippen LogP) is 3.55. The van der Waals surface area contributed by atoms with Crippen LogP contribution in [0, 0.1) is 0 Å². The Morgan fingerprint density at radius 3 is 2.70 bits per heavy atom. The predicted molar refractivity (Wildman–Crippen MR) is 86.7 cm³/mol. The number of rotatable bonds is 4. The minimum Gasteiger partial charge on any atom is -0.399 e. The summed E-state index contributed by atoms with van der Waals surface area (Å²) in [6, 6.07) is 10.8. The normalized spacial score (nSPS) is 11.9. The lowest BCUT2D eigenvalue weighted by molar-refractivity contribution is -0.115. The number of amides is 1. The van der Waals surface area contributed by atoms with Gasteiger partial charge in [0, 0.05) is 22.0 Å². The Bertz CT molecular complexity index is 604. The summed E-state index contributed by atoms with van der Waals surface area (Å²) in [5.74, 6) is -0.0719. The van der Waals surface area contributed by atoms with Crippen LogP contribution in [0.4, 0.5) is 11.4 Å². The number of hydrogen-bond donors (Lipinski definition) is 2. The van der Waals surface area contributed by atoms with E-state index in [0.29, 0.717) is 5.69 Å². The molecule has 0 radical (unpaired) electrons. The summed E-state index contributed by atoms with van der Waals surface area (Å²) in [5, 5.41) is 3.40. The highest BCUT2D eigenvalue weighted by Gasteiger charge is 2.16. The zero-order chi connectivity index (χ0) is 14.5. The highest BCUT2D eigenvalue weighted by Crippen LogP contribution is 2.28. The Morgan fingerprint density at radius 1 is 1.35 bits per heavy atom. The summed E-state index contributed by atoms with van der Waals surface area (Å²) in [5.41, 5.74) is 7.01. The van der Waals surface area contributed by atoms with Crippen molar-refractivity contribution in [2.75, 3.05) is 11.1 Å². The number of halogens is 1. The average molecular weight is 352 g/mol. The van der Waals surface area contributed by atoms with Crippen molar-refractivity contribution in [1.82, 2.24) is 4.98 Å². The molecule has 1 unspecified atom stereocenters. The number of hydrogen-bond acceptors (Lipinski definition) is 4. The lowest BCUT2D eigenvalue weighted by atomic mass is 10.3. The number of nitrogen functional groups attached to an aromatic ring is 1. The lowest BCUT2D eigenvalue weighted by Gasteiger charge is -2.12. The summed E-state index contributed by atoms with van der Waals surface area (Å²) >= 11 is 4.83. The fourth-order valence-electron chi connectivity index (χ4n) is 1.49. The number of carbonyl (C=O) groups is 1. The van der Waals surface area contributed by atoms with Gasteiger partial charge in [-0.3, -0.25) is 4.79 Å². The van der Waals surface area contributed by atoms with Crippen LogP contribution in [0.5, 0.6) is 0 Å². The Balaban J connectivity index is 1.99. The first-order chi connectivity index (χ1) is 9.56. The van der Waals surface area contributed by atoms with E-state index in [4.69, 9.17) is 5.73 Å². The quantitative estimate of drug-likeness (QED) is 0.652. The maximum absolute atomic E-state index is 12.1. The molecule has 0 aliphatic carbocycles. The molecule has 1 heterocycles. The van der Waals surface area contributed by atoms with Gasteiger partial charge in [-0.05, 0) is 59.3 Å². The molecular weight excluding hydrogens is 338 g/mol. The highest BCUT2D eigenvalue weighted by molar-refractivity contribution is 9.10. The summed E-state index contributed by atoms with van der Waals surface area (Å²) in [6.07, 6.45) is 1.71. The fourth-order valence-corrected chi connectivity index (χ4v) is 2.83. The van der Waals surface area contributed by atoms with Gasteiger partial charge in [-0.2, -0.15) is 0 Å². The van der Waals surface area contributed by atoms with E-state index < -0.39 is 0 Å². The minimum atomic E-state index is -0.251. The third-order valence-corrected chi connectivity index (χ3v) is 4.58. The zero-order valence-electron chi connectivity index (χ0n) is 10.8. The number of anilines is 2. The van der Waals surface area contributed by atoms with Gasteiger partial charge < -0.3 is 11.1 Å². The zero-order valence-corrected chi connectivity index (χ0v) is 13.2. The lowest BCUT2D eigenvalue weighted by Crippen LogP contribution is -2.22. The number of nitrogens with zero attached hydrogens (tertiary/aromatic N) is 1. The van der Waals surface area contributed by atoms with Crippen LogP contribution in [-0.4, -0.2) is 16.1 Å². The van der Waals surface area contributed by atoms with Crippen molar-refractivity contribution >= 4 is 45.0 Å². The molecule has 1 atom stereocenters. The van der Waals surface area contributed by atoms with Gasteiger partial charge in [0.2, 0.25) is 5.91 Å². The van der Waals surface area contributed by atoms with Gasteiger partial charge in [-0.1, -0.05) is 11.8 Å². The molecule has 0 aliphatic heterocycles. The Morgan fingerprint density at radius 2 is 2.05 bits per heavy atom. The number of nitrogens with two attached hydrogens (primary N) is 1. The third-order valence-electron chi connectivity index (χ3n) is 2.56. The van der Waals surface area contributed by atoms with Crippen molar-refractivity contribution in [3.63, 3.8) is 0 Å². The van der Waals surface area contributed by atoms with Crippen molar-refractivity contribution in [3.8, 4) is 0 Å². The Kier molecular flexibility index (Phi) is 5.03. The van der Waals surface area contributed by atoms with E-state index in [0.717, 1.165) is 15.2 Å². The highest BCUT2D eigenvalue weighted by atomic mass is 79.9. The van der Waals surface area contributed by atoms with Crippen LogP contribution >= 0.6 is 27.7 Å². The van der Waals surface area contributed by atoms with Crippen LogP contribution in [0.3, 0.4) is 0 Å². The van der Waals surface area contributed by atoms with Crippen LogP contribution < -0.4 is 11.1 Å². The standard InChI is InChI=1S/C14H14BrN3OS/c1-9(20-14-12(15)3-2-8-17-14)13(19)18-11-6-4-10(16)5-7-11/h2-9H,16H2,1H3,(H,18,19). The van der Waals surface area contributed by atoms with E-state index in [1.807, 2.05) is 19.1 Å². The van der Waals surface area contributed by atoms with Crippen molar-refractivity contribution in [2.45, 2.75) is 17.2 Å². The van der Waals surface area contributed by atoms with Gasteiger partial charge in [-0.25, -0.2) is 4.98 Å². The smallest absolute Gasteiger partial charge is 0.237 e. The molecular formula is C14H14BrN3OS. The third kappa shape index (κ3) is 3.98. The molecule has 2 rings (SSSR count). The number of benzene rings is 1. The summed E-state index contributed by atoms with van der Waals surface area (Å²) in [6.45, 7) is 1.85. The second kappa shape index (κ2) is 6.76. The number of aromatic nitrogens is 1. The molecule has 104 valence electrons. The maximum Gasteiger partial charge on any atom is 0.237 e. The van der Waals surface area contributed by atoms with Crippen molar-refractivity contribution in [3.05, 3.63) is 47.1 Å². The van der Waals surface area contributed by atoms with E-state index >= 15 is 0 Å². The van der Waals surface area contributed by atoms with Gasteiger partial charge in [0.15, 0.2) is 0 Å². The molecule has 0 aliphatic rings. The topological polar surface area (TPSA) is 68.0 Å². The first kappa shape index (κ1) is 14.9. The number of carbonyl (C=O) groups excluding carboxylic acids is 1. The summed E-state index contributed by atoms with van der Waals surface area (Å²) in [4.78, 5) is 16.3. The van der Waals surface area contributed by atoms with E-state index in [9.17, 15) is 4.79 Å². The molecule has 0 bridgehead atoms. The van der Waals surface area contributed by atoms with Crippen LogP contribution in [0.2, 0.25) is 0 Å². The van der Waals surface area contributed by atoms with Crippen LogP contribution in [0.15, 0.2) is 52.1 Å². The summed E-state index contributed by atoms with van der Waals surface area (Å²) < 4.78 is 0.886. The van der Waals surface area contributed by atoms with E-state index in [1.165, 1.54) is 11.8 Å². The van der Waals surface area contributed by atoms with Gasteiger partial charge >= 0.3 is 0 Å². The number of thioether (sulfide) groups is 1. The van der Waals surface area contributed by atoms with Crippen LogP contribution in [-0.2, 0) is 4.79 Å². The number of nitrogens with one attached hydrogen (secondary N) is 1. The molecule has 20 heavy (non-hydrogen) atoms. The van der Waals surface area contributed by atoms with Gasteiger partial charge in [0.1, 0.15) is 5.03 Å². The molecule has 2 aromatic rings. The second-order valence-corrected chi connectivity index (χ2v) is 6.35. The molecule has 4 nitrogen and oxygen atoms in total. The van der Waals surface area contributed by atoms with E-state index in [-0.39, 0.29) is 11.2 Å². The molecule has 0 fully saturated rings.